The van der Waals surface area contributed by atoms with Gasteiger partial charge in [-0.05, 0) is 24.6 Å². The fourth-order valence-electron chi connectivity index (χ4n) is 4.03. The van der Waals surface area contributed by atoms with E-state index in [9.17, 15) is 0 Å². The van der Waals surface area contributed by atoms with Gasteiger partial charge in [-0.2, -0.15) is 0 Å². The molecule has 7 heteroatoms. The number of hydrogen-bond acceptors (Lipinski definition) is 6. The molecule has 33 heavy (non-hydrogen) atoms. The minimum Gasteiger partial charge on any atom is -0.494 e. The zero-order chi connectivity index (χ0) is 23.2. The third kappa shape index (κ3) is 5.03. The summed E-state index contributed by atoms with van der Waals surface area (Å²) in [5.74, 6) is 1.16. The van der Waals surface area contributed by atoms with E-state index in [4.69, 9.17) is 15.5 Å². The number of unbranched alkanes of at least 4 members (excludes halogenated alkanes) is 3. The standard InChI is InChI=1S/C26H32N6O/c1-4-5-6-9-13-28-22-16-25(33-3)23(15-20(22)27)31-26-29-14-12-21(30-26)19-17-32(2)24-11-8-7-10-18(19)24/h7-8,10-12,14-17,28H,4-6,9,13,27H2,1-3H3,(H,29,30,31). The third-order valence-electron chi connectivity index (χ3n) is 5.79. The van der Waals surface area contributed by atoms with Crippen molar-refractivity contribution in [1.82, 2.24) is 14.5 Å². The Balaban J connectivity index is 1.56. The Hall–Kier alpha value is -3.74. The third-order valence-corrected chi connectivity index (χ3v) is 5.79. The van der Waals surface area contributed by atoms with Gasteiger partial charge in [-0.3, -0.25) is 0 Å². The van der Waals surface area contributed by atoms with Crippen LogP contribution in [0.2, 0.25) is 0 Å². The number of aromatic nitrogens is 3. The second-order valence-electron chi connectivity index (χ2n) is 8.19. The van der Waals surface area contributed by atoms with Crippen LogP contribution in [0.25, 0.3) is 22.2 Å². The minimum atomic E-state index is 0.485. The van der Waals surface area contributed by atoms with E-state index in [1.807, 2.05) is 37.4 Å². The van der Waals surface area contributed by atoms with Crippen LogP contribution in [-0.4, -0.2) is 28.2 Å². The van der Waals surface area contributed by atoms with Crippen molar-refractivity contribution < 1.29 is 4.74 Å². The van der Waals surface area contributed by atoms with E-state index < -0.39 is 0 Å². The van der Waals surface area contributed by atoms with E-state index in [2.05, 4.69) is 45.4 Å². The van der Waals surface area contributed by atoms with Gasteiger partial charge in [0.05, 0.1) is 29.9 Å². The number of fused-ring (bicyclic) bond motifs is 1. The number of nitrogens with two attached hydrogens (primary N) is 1. The molecule has 2 aromatic heterocycles. The van der Waals surface area contributed by atoms with E-state index in [-0.39, 0.29) is 0 Å². The molecule has 0 aliphatic heterocycles. The normalized spacial score (nSPS) is 11.0. The van der Waals surface area contributed by atoms with Crippen LogP contribution in [0.3, 0.4) is 0 Å². The van der Waals surface area contributed by atoms with Gasteiger partial charge in [-0.25, -0.2) is 9.97 Å². The molecule has 0 atom stereocenters. The molecule has 0 spiro atoms. The van der Waals surface area contributed by atoms with Crippen molar-refractivity contribution in [2.45, 2.75) is 32.6 Å². The lowest BCUT2D eigenvalue weighted by Gasteiger charge is -2.15. The van der Waals surface area contributed by atoms with Gasteiger partial charge in [0.1, 0.15) is 5.75 Å². The number of hydrogen-bond donors (Lipinski definition) is 3. The van der Waals surface area contributed by atoms with Gasteiger partial charge in [0.2, 0.25) is 5.95 Å². The molecule has 0 aliphatic carbocycles. The van der Waals surface area contributed by atoms with Crippen LogP contribution in [0.15, 0.2) is 54.9 Å². The molecule has 0 radical (unpaired) electrons. The SMILES string of the molecule is CCCCCCNc1cc(OC)c(Nc2nccc(-c3cn(C)c4ccccc34)n2)cc1N. The lowest BCUT2D eigenvalue weighted by atomic mass is 10.1. The number of rotatable bonds is 10. The molecule has 0 fully saturated rings. The van der Waals surface area contributed by atoms with Crippen molar-refractivity contribution in [3.05, 3.63) is 54.9 Å². The first-order chi connectivity index (χ1) is 16.1. The number of nitrogen functional groups attached to an aromatic ring is 1. The summed E-state index contributed by atoms with van der Waals surface area (Å²) in [5.41, 5.74) is 11.6. The summed E-state index contributed by atoms with van der Waals surface area (Å²) in [6.45, 7) is 3.10. The number of methoxy groups -OCH3 is 1. The molecule has 4 rings (SSSR count). The number of anilines is 4. The van der Waals surface area contributed by atoms with E-state index in [1.165, 1.54) is 19.3 Å². The summed E-state index contributed by atoms with van der Waals surface area (Å²) in [4.78, 5) is 9.17. The molecule has 4 N–H and O–H groups in total. The lowest BCUT2D eigenvalue weighted by molar-refractivity contribution is 0.417. The van der Waals surface area contributed by atoms with Crippen molar-refractivity contribution in [1.29, 1.82) is 0 Å². The smallest absolute Gasteiger partial charge is 0.227 e. The Labute approximate surface area is 195 Å². The molecule has 2 heterocycles. The summed E-state index contributed by atoms with van der Waals surface area (Å²) >= 11 is 0. The quantitative estimate of drug-likeness (QED) is 0.206. The van der Waals surface area contributed by atoms with Crippen LogP contribution in [0.5, 0.6) is 5.75 Å². The maximum absolute atomic E-state index is 6.32. The largest absolute Gasteiger partial charge is 0.494 e. The zero-order valence-corrected chi connectivity index (χ0v) is 19.6. The van der Waals surface area contributed by atoms with Crippen LogP contribution >= 0.6 is 0 Å². The van der Waals surface area contributed by atoms with Gasteiger partial charge >= 0.3 is 0 Å². The molecule has 0 unspecified atom stereocenters. The van der Waals surface area contributed by atoms with Crippen LogP contribution < -0.4 is 21.1 Å². The van der Waals surface area contributed by atoms with Crippen LogP contribution in [0.1, 0.15) is 32.6 Å². The van der Waals surface area contributed by atoms with E-state index in [0.717, 1.165) is 46.5 Å². The van der Waals surface area contributed by atoms with Gasteiger partial charge in [0.15, 0.2) is 0 Å². The van der Waals surface area contributed by atoms with Crippen LogP contribution in [0, 0.1) is 0 Å². The molecule has 4 aromatic rings. The lowest BCUT2D eigenvalue weighted by Crippen LogP contribution is -2.06. The zero-order valence-electron chi connectivity index (χ0n) is 19.6. The topological polar surface area (TPSA) is 90.0 Å². The van der Waals surface area contributed by atoms with E-state index in [0.29, 0.717) is 17.4 Å². The fraction of sp³-hybridized carbons (Fsp3) is 0.308. The summed E-state index contributed by atoms with van der Waals surface area (Å²) in [6, 6.07) is 14.0. The molecule has 0 aliphatic rings. The second kappa shape index (κ2) is 10.3. The minimum absolute atomic E-state index is 0.485. The van der Waals surface area contributed by atoms with Crippen molar-refractivity contribution in [3.63, 3.8) is 0 Å². The molecular formula is C26H32N6O. The Kier molecular flexibility index (Phi) is 6.98. The Morgan fingerprint density at radius 2 is 1.91 bits per heavy atom. The van der Waals surface area contributed by atoms with Crippen molar-refractivity contribution in [3.8, 4) is 17.0 Å². The molecule has 0 saturated carbocycles. The maximum Gasteiger partial charge on any atom is 0.227 e. The number of aryl methyl sites for hydroxylation is 1. The highest BCUT2D eigenvalue weighted by Gasteiger charge is 2.13. The van der Waals surface area contributed by atoms with Crippen molar-refractivity contribution >= 4 is 33.9 Å². The maximum atomic E-state index is 6.32. The average molecular weight is 445 g/mol. The first-order valence-electron chi connectivity index (χ1n) is 11.5. The Morgan fingerprint density at radius 1 is 1.06 bits per heavy atom. The van der Waals surface area contributed by atoms with Crippen molar-refractivity contribution in [2.24, 2.45) is 7.05 Å². The summed E-state index contributed by atoms with van der Waals surface area (Å²) in [6.07, 6.45) is 8.65. The second-order valence-corrected chi connectivity index (χ2v) is 8.19. The van der Waals surface area contributed by atoms with Gasteiger partial charge in [-0.15, -0.1) is 0 Å². The van der Waals surface area contributed by atoms with Crippen LogP contribution in [0.4, 0.5) is 23.0 Å². The molecule has 172 valence electrons. The number of ether oxygens (including phenoxy) is 1. The fourth-order valence-corrected chi connectivity index (χ4v) is 4.03. The number of para-hydroxylation sites is 1. The van der Waals surface area contributed by atoms with E-state index >= 15 is 0 Å². The molecule has 0 bridgehead atoms. The Morgan fingerprint density at radius 3 is 2.73 bits per heavy atom. The molecule has 2 aromatic carbocycles. The van der Waals surface area contributed by atoms with Gasteiger partial charge in [0, 0.05) is 48.5 Å². The highest BCUT2D eigenvalue weighted by atomic mass is 16.5. The first-order valence-corrected chi connectivity index (χ1v) is 11.5. The Bertz CT molecular complexity index is 1230. The number of benzene rings is 2. The predicted octanol–water partition coefficient (Wildman–Crippen LogP) is 5.96. The summed E-state index contributed by atoms with van der Waals surface area (Å²) < 4.78 is 7.73. The highest BCUT2D eigenvalue weighted by molar-refractivity contribution is 5.95. The molecule has 7 nitrogen and oxygen atoms in total. The number of nitrogens with zero attached hydrogens (tertiary/aromatic N) is 3. The van der Waals surface area contributed by atoms with Crippen LogP contribution in [-0.2, 0) is 7.05 Å². The molecule has 0 amide bonds. The van der Waals surface area contributed by atoms with Gasteiger partial charge < -0.3 is 25.7 Å². The summed E-state index contributed by atoms with van der Waals surface area (Å²) in [5, 5.41) is 7.85. The van der Waals surface area contributed by atoms with Crippen molar-refractivity contribution in [2.75, 3.05) is 30.0 Å². The van der Waals surface area contributed by atoms with Gasteiger partial charge in [0.25, 0.3) is 0 Å². The number of nitrogens with one attached hydrogen (secondary N) is 2. The van der Waals surface area contributed by atoms with Gasteiger partial charge in [-0.1, -0.05) is 44.4 Å². The highest BCUT2D eigenvalue weighted by Crippen LogP contribution is 2.35. The monoisotopic (exact) mass is 444 g/mol. The molecular weight excluding hydrogens is 412 g/mol. The summed E-state index contributed by atoms with van der Waals surface area (Å²) in [7, 11) is 3.69. The molecule has 0 saturated heterocycles. The predicted molar refractivity (Wildman–Crippen MR) is 137 cm³/mol. The average Bonchev–Trinajstić information content (AvgIpc) is 3.17. The van der Waals surface area contributed by atoms with E-state index in [1.54, 1.807) is 13.3 Å². The first kappa shape index (κ1) is 22.5.